The fourth-order valence-electron chi connectivity index (χ4n) is 7.21. The monoisotopic (exact) mass is 770 g/mol. The molecule has 16 heteroatoms. The second kappa shape index (κ2) is 11.5. The van der Waals surface area contributed by atoms with Crippen LogP contribution in [0.25, 0.3) is 0 Å². The molecule has 1 fully saturated rings. The molecule has 242 valence electrons. The molecule has 4 aliphatic rings. The van der Waals surface area contributed by atoms with Crippen molar-refractivity contribution in [2.75, 3.05) is 31.0 Å². The molecule has 47 heavy (non-hydrogen) atoms. The average molecular weight is 772 g/mol. The summed E-state index contributed by atoms with van der Waals surface area (Å²) in [7, 11) is 4.16. The van der Waals surface area contributed by atoms with Gasteiger partial charge in [-0.2, -0.15) is 0 Å². The van der Waals surface area contributed by atoms with Gasteiger partial charge in [-0.15, -0.1) is 0 Å². The van der Waals surface area contributed by atoms with E-state index in [2.05, 4.69) is 31.9 Å². The first-order chi connectivity index (χ1) is 22.2. The van der Waals surface area contributed by atoms with Gasteiger partial charge in [0.2, 0.25) is 11.8 Å². The number of halogens is 2. The van der Waals surface area contributed by atoms with Crippen LogP contribution < -0.4 is 14.5 Å². The van der Waals surface area contributed by atoms with Gasteiger partial charge in [-0.3, -0.25) is 39.4 Å². The number of aromatic hydroxyl groups is 1. The van der Waals surface area contributed by atoms with E-state index in [1.807, 2.05) is 0 Å². The standard InChI is InChI=1S/C31H24Br2N4O10/c1-34(2)27-20(36(43)44)8-13(9-21(27)37(45)46)35-30(41)15-5-4-14-16(25(15)31(35)42)10-17-26(22(38)11-19(33)28(17)39)24(14)12-6-18(32)29(40)23(7-12)47-3/h4,6-9,11,15-16,24-25,40H,5,10H2,1-3H3. The van der Waals surface area contributed by atoms with Crippen LogP contribution in [0.3, 0.4) is 0 Å². The molecule has 0 saturated carbocycles. The van der Waals surface area contributed by atoms with Gasteiger partial charge in [-0.1, -0.05) is 11.6 Å². The van der Waals surface area contributed by atoms with Crippen LogP contribution in [0, 0.1) is 38.0 Å². The van der Waals surface area contributed by atoms with E-state index < -0.39 is 68.3 Å². The number of nitro groups is 2. The molecule has 2 aromatic carbocycles. The largest absolute Gasteiger partial charge is 0.503 e. The van der Waals surface area contributed by atoms with Gasteiger partial charge in [0.25, 0.3) is 0 Å². The number of nitro benzene ring substituents is 2. The molecule has 6 rings (SSSR count). The summed E-state index contributed by atoms with van der Waals surface area (Å²) in [4.78, 5) is 79.5. The summed E-state index contributed by atoms with van der Waals surface area (Å²) in [5.41, 5.74) is -0.451. The van der Waals surface area contributed by atoms with Crippen molar-refractivity contribution in [3.63, 3.8) is 0 Å². The average Bonchev–Trinajstić information content (AvgIpc) is 3.28. The minimum atomic E-state index is -1.04. The number of nitrogens with zero attached hydrogens (tertiary/aromatic N) is 4. The number of methoxy groups -OCH3 is 1. The normalized spacial score (nSPS) is 23.6. The molecule has 1 aliphatic heterocycles. The van der Waals surface area contributed by atoms with Crippen LogP contribution in [0.1, 0.15) is 24.3 Å². The van der Waals surface area contributed by atoms with E-state index >= 15 is 0 Å². The molecule has 0 bridgehead atoms. The Morgan fingerprint density at radius 2 is 1.62 bits per heavy atom. The van der Waals surface area contributed by atoms with Crippen molar-refractivity contribution in [2.45, 2.75) is 18.8 Å². The highest BCUT2D eigenvalue weighted by atomic mass is 79.9. The second-order valence-corrected chi connectivity index (χ2v) is 13.4. The number of Topliss-reactive ketones (excluding diaryl/α,β-unsaturated/α-hetero) is 1. The molecule has 0 radical (unpaired) electrons. The molecule has 2 aromatic rings. The SMILES string of the molecule is COc1cc(C2C3=CCC4C(=O)N(c5cc([N+](=O)[O-])c(N(C)C)c([N+](=O)[O-])c5)C(=O)C4C3CC3=C2C(=O)C=C(Br)C3=O)cc(Br)c1O. The number of phenols is 1. The van der Waals surface area contributed by atoms with Gasteiger partial charge in [0.15, 0.2) is 28.8 Å². The van der Waals surface area contributed by atoms with E-state index in [4.69, 9.17) is 4.74 Å². The molecular weight excluding hydrogens is 748 g/mol. The number of fused-ring (bicyclic) bond motifs is 3. The van der Waals surface area contributed by atoms with Crippen molar-refractivity contribution in [3.8, 4) is 11.5 Å². The lowest BCUT2D eigenvalue weighted by Crippen LogP contribution is -2.39. The van der Waals surface area contributed by atoms with Crippen molar-refractivity contribution < 1.29 is 38.9 Å². The number of anilines is 2. The molecule has 2 amide bonds. The summed E-state index contributed by atoms with van der Waals surface area (Å²) < 4.78 is 5.65. The first kappa shape index (κ1) is 32.2. The number of benzene rings is 2. The molecule has 4 atom stereocenters. The summed E-state index contributed by atoms with van der Waals surface area (Å²) >= 11 is 6.49. The van der Waals surface area contributed by atoms with Crippen LogP contribution in [-0.4, -0.2) is 59.5 Å². The lowest BCUT2D eigenvalue weighted by molar-refractivity contribution is -0.392. The van der Waals surface area contributed by atoms with Crippen LogP contribution >= 0.6 is 31.9 Å². The van der Waals surface area contributed by atoms with E-state index in [9.17, 15) is 44.5 Å². The van der Waals surface area contributed by atoms with Gasteiger partial charge in [0.1, 0.15) is 0 Å². The van der Waals surface area contributed by atoms with E-state index in [1.54, 1.807) is 12.1 Å². The number of carbonyl (C=O) groups excluding carboxylic acids is 4. The number of carbonyl (C=O) groups is 4. The van der Waals surface area contributed by atoms with E-state index in [0.29, 0.717) is 11.1 Å². The molecule has 14 nitrogen and oxygen atoms in total. The van der Waals surface area contributed by atoms with Crippen molar-refractivity contribution >= 4 is 78.0 Å². The maximum Gasteiger partial charge on any atom is 0.301 e. The Hall–Kier alpha value is -4.70. The van der Waals surface area contributed by atoms with Crippen molar-refractivity contribution in [3.05, 3.63) is 87.9 Å². The number of hydrogen-bond acceptors (Lipinski definition) is 11. The zero-order chi connectivity index (χ0) is 34.2. The Morgan fingerprint density at radius 3 is 2.19 bits per heavy atom. The second-order valence-electron chi connectivity index (χ2n) is 11.7. The van der Waals surface area contributed by atoms with Crippen LogP contribution in [0.4, 0.5) is 22.7 Å². The first-order valence-electron chi connectivity index (χ1n) is 14.1. The highest BCUT2D eigenvalue weighted by Crippen LogP contribution is 2.57. The maximum atomic E-state index is 14.3. The molecule has 1 N–H and O–H groups in total. The van der Waals surface area contributed by atoms with Crippen LogP contribution in [0.15, 0.2) is 62.1 Å². The predicted molar refractivity (Wildman–Crippen MR) is 174 cm³/mol. The Bertz CT molecular complexity index is 1930. The molecule has 4 unspecified atom stereocenters. The van der Waals surface area contributed by atoms with Crippen LogP contribution in [0.5, 0.6) is 11.5 Å². The minimum absolute atomic E-state index is 0.0420. The number of phenolic OH excluding ortho intramolecular Hbond substituents is 1. The predicted octanol–water partition coefficient (Wildman–Crippen LogP) is 5.01. The van der Waals surface area contributed by atoms with Gasteiger partial charge in [0.05, 0.1) is 43.4 Å². The van der Waals surface area contributed by atoms with Gasteiger partial charge in [-0.25, -0.2) is 4.90 Å². The lowest BCUT2D eigenvalue weighted by Gasteiger charge is -2.42. The fourth-order valence-corrected chi connectivity index (χ4v) is 8.12. The summed E-state index contributed by atoms with van der Waals surface area (Å²) in [6.45, 7) is 0. The van der Waals surface area contributed by atoms with Gasteiger partial charge < -0.3 is 14.7 Å². The van der Waals surface area contributed by atoms with Crippen LogP contribution in [0.2, 0.25) is 0 Å². The number of ketones is 2. The third-order valence-corrected chi connectivity index (χ3v) is 10.3. The first-order valence-corrected chi connectivity index (χ1v) is 15.7. The van der Waals surface area contributed by atoms with Gasteiger partial charge in [0, 0.05) is 49.4 Å². The highest BCUT2D eigenvalue weighted by molar-refractivity contribution is 9.12. The minimum Gasteiger partial charge on any atom is -0.503 e. The molecule has 3 aliphatic carbocycles. The smallest absolute Gasteiger partial charge is 0.301 e. The number of hydrogen-bond donors (Lipinski definition) is 1. The van der Waals surface area contributed by atoms with Gasteiger partial charge >= 0.3 is 11.4 Å². The summed E-state index contributed by atoms with van der Waals surface area (Å²) in [5.74, 6) is -5.93. The lowest BCUT2D eigenvalue weighted by atomic mass is 9.59. The number of ether oxygens (including phenoxy) is 1. The molecule has 1 saturated heterocycles. The number of amides is 2. The van der Waals surface area contributed by atoms with Crippen molar-refractivity contribution in [2.24, 2.45) is 17.8 Å². The number of rotatable bonds is 6. The molecule has 0 aromatic heterocycles. The Morgan fingerprint density at radius 1 is 0.979 bits per heavy atom. The molecule has 1 heterocycles. The van der Waals surface area contributed by atoms with Crippen molar-refractivity contribution in [1.82, 2.24) is 0 Å². The molecule has 0 spiro atoms. The zero-order valence-corrected chi connectivity index (χ0v) is 28.0. The quantitative estimate of drug-likeness (QED) is 0.137. The Kier molecular flexibility index (Phi) is 7.91. The number of allylic oxidation sites excluding steroid dienone is 6. The molecular formula is C31H24Br2N4O10. The number of imide groups is 1. The third kappa shape index (κ3) is 4.88. The maximum absolute atomic E-state index is 14.3. The Balaban J connectivity index is 1.50. The van der Waals surface area contributed by atoms with Crippen molar-refractivity contribution in [1.29, 1.82) is 0 Å². The zero-order valence-electron chi connectivity index (χ0n) is 24.9. The summed E-state index contributed by atoms with van der Waals surface area (Å²) in [6.07, 6.45) is 2.98. The highest BCUT2D eigenvalue weighted by Gasteiger charge is 2.57. The Labute approximate surface area is 282 Å². The van der Waals surface area contributed by atoms with E-state index in [0.717, 1.165) is 17.0 Å². The third-order valence-electron chi connectivity index (χ3n) is 9.09. The van der Waals surface area contributed by atoms with E-state index in [1.165, 1.54) is 38.2 Å². The fraction of sp³-hybridized carbons (Fsp3) is 0.290. The van der Waals surface area contributed by atoms with Crippen LogP contribution in [-0.2, 0) is 19.2 Å². The summed E-state index contributed by atoms with van der Waals surface area (Å²) in [6, 6.07) is 5.07. The van der Waals surface area contributed by atoms with Gasteiger partial charge in [-0.05, 0) is 68.3 Å². The summed E-state index contributed by atoms with van der Waals surface area (Å²) in [5, 5.41) is 34.5. The topological polar surface area (TPSA) is 190 Å². The van der Waals surface area contributed by atoms with E-state index in [-0.39, 0.29) is 55.8 Å².